The maximum atomic E-state index is 12.9. The van der Waals surface area contributed by atoms with Crippen LogP contribution in [0.25, 0.3) is 0 Å². The van der Waals surface area contributed by atoms with Crippen molar-refractivity contribution in [3.8, 4) is 0 Å². The van der Waals surface area contributed by atoms with E-state index in [2.05, 4.69) is 15.0 Å². The smallest absolute Gasteiger partial charge is 0.444 e. The molecule has 0 aromatic heterocycles. The first kappa shape index (κ1) is 22.7. The molecule has 0 saturated carbocycles. The topological polar surface area (TPSA) is 88.1 Å². The van der Waals surface area contributed by atoms with Crippen LogP contribution in [0.3, 0.4) is 0 Å². The first-order valence-corrected chi connectivity index (χ1v) is 9.58. The lowest BCUT2D eigenvalue weighted by atomic mass is 10.2. The zero-order chi connectivity index (χ0) is 21.8. The van der Waals surface area contributed by atoms with Gasteiger partial charge in [0.2, 0.25) is 12.0 Å². The fourth-order valence-corrected chi connectivity index (χ4v) is 3.43. The number of halogens is 3. The fourth-order valence-electron chi connectivity index (χ4n) is 2.33. The predicted molar refractivity (Wildman–Crippen MR) is 102 cm³/mol. The number of amides is 2. The molecule has 1 aliphatic heterocycles. The maximum Gasteiger partial charge on any atom is 0.490 e. The van der Waals surface area contributed by atoms with Crippen molar-refractivity contribution in [2.24, 2.45) is 4.99 Å². The molecule has 0 bridgehead atoms. The second kappa shape index (κ2) is 9.29. The molecule has 0 spiro atoms. The van der Waals surface area contributed by atoms with E-state index in [4.69, 9.17) is 0 Å². The van der Waals surface area contributed by atoms with Crippen molar-refractivity contribution in [3.05, 3.63) is 30.3 Å². The van der Waals surface area contributed by atoms with Crippen molar-refractivity contribution in [2.45, 2.75) is 43.8 Å². The Morgan fingerprint density at radius 2 is 1.93 bits per heavy atom. The standard InChI is InChI=1S/C18H20F3N3O4S/c1-4-10(2)22-17-23-14(25)13(29-17)12(28-16(27)18(19,20)21)15(26)24(3)11-8-6-5-7-9-11/h5-10,12-13H,4H2,1-3H3,(H,22,23,25). The second-order valence-corrected chi connectivity index (χ2v) is 7.41. The van der Waals surface area contributed by atoms with E-state index in [-0.39, 0.29) is 11.2 Å². The minimum Gasteiger partial charge on any atom is -0.444 e. The van der Waals surface area contributed by atoms with Gasteiger partial charge in [0.25, 0.3) is 5.91 Å². The van der Waals surface area contributed by atoms with Gasteiger partial charge in [-0.05, 0) is 25.5 Å². The summed E-state index contributed by atoms with van der Waals surface area (Å²) in [5.41, 5.74) is 0.363. The van der Waals surface area contributed by atoms with Crippen molar-refractivity contribution in [2.75, 3.05) is 11.9 Å². The minimum atomic E-state index is -5.31. The number of nitrogens with one attached hydrogen (secondary N) is 1. The van der Waals surface area contributed by atoms with Crippen LogP contribution < -0.4 is 10.2 Å². The number of amidine groups is 1. The van der Waals surface area contributed by atoms with Gasteiger partial charge in [-0.15, -0.1) is 0 Å². The highest BCUT2D eigenvalue weighted by molar-refractivity contribution is 8.15. The molecule has 1 aliphatic rings. The SMILES string of the molecule is CCC(C)N=C1NC(=O)C(C(OC(=O)C(F)(F)F)C(=O)N(C)c2ccccc2)S1. The van der Waals surface area contributed by atoms with Crippen LogP contribution in [-0.4, -0.2) is 53.6 Å². The lowest BCUT2D eigenvalue weighted by Crippen LogP contribution is -2.49. The zero-order valence-electron chi connectivity index (χ0n) is 15.9. The number of hydrogen-bond acceptors (Lipinski definition) is 6. The lowest BCUT2D eigenvalue weighted by Gasteiger charge is -2.26. The highest BCUT2D eigenvalue weighted by Gasteiger charge is 2.49. The molecule has 0 aliphatic carbocycles. The van der Waals surface area contributed by atoms with Crippen molar-refractivity contribution >= 4 is 40.4 Å². The Kier molecular flexibility index (Phi) is 7.28. The maximum absolute atomic E-state index is 12.9. The summed E-state index contributed by atoms with van der Waals surface area (Å²) < 4.78 is 42.7. The van der Waals surface area contributed by atoms with Gasteiger partial charge in [-0.3, -0.25) is 14.6 Å². The normalized spacial score (nSPS) is 20.1. The number of likely N-dealkylation sites (N-methyl/N-ethyl adjacent to an activating group) is 1. The number of esters is 1. The Bertz CT molecular complexity index is 801. The summed E-state index contributed by atoms with van der Waals surface area (Å²) in [6.45, 7) is 3.67. The van der Waals surface area contributed by atoms with Crippen LogP contribution in [0.4, 0.5) is 18.9 Å². The molecule has 1 N–H and O–H groups in total. The number of benzene rings is 1. The van der Waals surface area contributed by atoms with E-state index in [9.17, 15) is 27.6 Å². The molecule has 3 unspecified atom stereocenters. The molecule has 1 aromatic carbocycles. The third kappa shape index (κ3) is 5.72. The number of hydrogen-bond donors (Lipinski definition) is 1. The van der Waals surface area contributed by atoms with Crippen LogP contribution in [0.15, 0.2) is 35.3 Å². The molecule has 1 aromatic rings. The van der Waals surface area contributed by atoms with Gasteiger partial charge < -0.3 is 15.0 Å². The third-order valence-electron chi connectivity index (χ3n) is 4.11. The van der Waals surface area contributed by atoms with E-state index in [1.165, 1.54) is 7.05 Å². The van der Waals surface area contributed by atoms with E-state index < -0.39 is 35.3 Å². The van der Waals surface area contributed by atoms with E-state index in [1.807, 2.05) is 6.92 Å². The Balaban J connectivity index is 2.32. The van der Waals surface area contributed by atoms with Crippen LogP contribution in [0.2, 0.25) is 0 Å². The van der Waals surface area contributed by atoms with Crippen molar-refractivity contribution in [3.63, 3.8) is 0 Å². The van der Waals surface area contributed by atoms with Crippen LogP contribution in [0.5, 0.6) is 0 Å². The highest BCUT2D eigenvalue weighted by Crippen LogP contribution is 2.29. The summed E-state index contributed by atoms with van der Waals surface area (Å²) in [6.07, 6.45) is -6.62. The number of rotatable bonds is 6. The number of ether oxygens (including phenoxy) is 1. The summed E-state index contributed by atoms with van der Waals surface area (Å²) in [4.78, 5) is 41.9. The van der Waals surface area contributed by atoms with Crippen molar-refractivity contribution < 1.29 is 32.3 Å². The number of alkyl halides is 3. The molecule has 1 saturated heterocycles. The molecule has 2 rings (SSSR count). The third-order valence-corrected chi connectivity index (χ3v) is 5.26. The van der Waals surface area contributed by atoms with E-state index >= 15 is 0 Å². The second-order valence-electron chi connectivity index (χ2n) is 6.28. The Hall–Kier alpha value is -2.56. The monoisotopic (exact) mass is 431 g/mol. The molecule has 2 amide bonds. The van der Waals surface area contributed by atoms with E-state index in [1.54, 1.807) is 37.3 Å². The summed E-state index contributed by atoms with van der Waals surface area (Å²) in [5, 5.41) is 1.19. The molecule has 158 valence electrons. The van der Waals surface area contributed by atoms with Gasteiger partial charge in [0, 0.05) is 18.8 Å². The van der Waals surface area contributed by atoms with Gasteiger partial charge in [0.05, 0.1) is 0 Å². The van der Waals surface area contributed by atoms with Crippen LogP contribution >= 0.6 is 11.8 Å². The molecule has 1 heterocycles. The summed E-state index contributed by atoms with van der Waals surface area (Å²) >= 11 is 0.761. The molecule has 7 nitrogen and oxygen atoms in total. The average molecular weight is 431 g/mol. The molecule has 1 fully saturated rings. The van der Waals surface area contributed by atoms with Crippen LogP contribution in [0.1, 0.15) is 20.3 Å². The summed E-state index contributed by atoms with van der Waals surface area (Å²) in [7, 11) is 1.32. The van der Waals surface area contributed by atoms with Gasteiger partial charge in [0.1, 0.15) is 5.25 Å². The van der Waals surface area contributed by atoms with Gasteiger partial charge in [-0.2, -0.15) is 13.2 Å². The molecular formula is C18H20F3N3O4S. The number of anilines is 1. The highest BCUT2D eigenvalue weighted by atomic mass is 32.2. The van der Waals surface area contributed by atoms with Crippen LogP contribution in [0, 0.1) is 0 Å². The van der Waals surface area contributed by atoms with Crippen molar-refractivity contribution in [1.29, 1.82) is 0 Å². The molecule has 29 heavy (non-hydrogen) atoms. The van der Waals surface area contributed by atoms with Gasteiger partial charge >= 0.3 is 12.1 Å². The molecular weight excluding hydrogens is 411 g/mol. The largest absolute Gasteiger partial charge is 0.490 e. The van der Waals surface area contributed by atoms with Gasteiger partial charge in [-0.1, -0.05) is 36.9 Å². The van der Waals surface area contributed by atoms with Gasteiger partial charge in [-0.25, -0.2) is 4.79 Å². The zero-order valence-corrected chi connectivity index (χ0v) is 16.7. The lowest BCUT2D eigenvalue weighted by molar-refractivity contribution is -0.205. The Morgan fingerprint density at radius 3 is 2.48 bits per heavy atom. The number of aliphatic imine (C=N–C) groups is 1. The Labute approximate surface area is 169 Å². The predicted octanol–water partition coefficient (Wildman–Crippen LogP) is 2.51. The van der Waals surface area contributed by atoms with Crippen LogP contribution in [-0.2, 0) is 19.1 Å². The fraction of sp³-hybridized carbons (Fsp3) is 0.444. The summed E-state index contributed by atoms with van der Waals surface area (Å²) in [5.74, 6) is -4.27. The number of thioether (sulfide) groups is 1. The quantitative estimate of drug-likeness (QED) is 0.700. The first-order chi connectivity index (χ1) is 13.5. The molecule has 3 atom stereocenters. The molecule has 11 heteroatoms. The number of carbonyl (C=O) groups excluding carboxylic acids is 3. The number of nitrogens with zero attached hydrogens (tertiary/aromatic N) is 2. The van der Waals surface area contributed by atoms with Crippen molar-refractivity contribution in [1.82, 2.24) is 5.32 Å². The van der Waals surface area contributed by atoms with E-state index in [0.29, 0.717) is 12.1 Å². The first-order valence-electron chi connectivity index (χ1n) is 8.70. The minimum absolute atomic E-state index is 0.143. The Morgan fingerprint density at radius 1 is 1.31 bits per heavy atom. The number of para-hydroxylation sites is 1. The van der Waals surface area contributed by atoms with E-state index in [0.717, 1.165) is 16.7 Å². The average Bonchev–Trinajstić information content (AvgIpc) is 3.04. The van der Waals surface area contributed by atoms with Gasteiger partial charge in [0.15, 0.2) is 5.17 Å². The molecule has 0 radical (unpaired) electrons. The number of carbonyl (C=O) groups is 3. The summed E-state index contributed by atoms with van der Waals surface area (Å²) in [6, 6.07) is 7.92.